The quantitative estimate of drug-likeness (QED) is 0.749. The smallest absolute Gasteiger partial charge is 0.261 e. The molecule has 2 aromatic rings. The van der Waals surface area contributed by atoms with Crippen molar-refractivity contribution in [3.63, 3.8) is 0 Å². The molecule has 5 nitrogen and oxygen atoms in total. The SMILES string of the molecule is CC[C@H](C(=O)NC)N(Cc1ccc(F)cc1)C(=O)COc1cccc(Cl)c1. The summed E-state index contributed by atoms with van der Waals surface area (Å²) in [5.74, 6) is -0.518. The number of carbonyl (C=O) groups excluding carboxylic acids is 2. The van der Waals surface area contributed by atoms with Gasteiger partial charge in [-0.05, 0) is 42.3 Å². The summed E-state index contributed by atoms with van der Waals surface area (Å²) in [6.07, 6.45) is 0.434. The number of hydrogen-bond donors (Lipinski definition) is 1. The molecule has 0 spiro atoms. The summed E-state index contributed by atoms with van der Waals surface area (Å²) in [6, 6.07) is 11.9. The van der Waals surface area contributed by atoms with E-state index in [0.29, 0.717) is 17.2 Å². The highest BCUT2D eigenvalue weighted by molar-refractivity contribution is 6.30. The molecule has 0 aliphatic carbocycles. The van der Waals surface area contributed by atoms with Crippen LogP contribution in [0.25, 0.3) is 0 Å². The Labute approximate surface area is 163 Å². The highest BCUT2D eigenvalue weighted by atomic mass is 35.5. The molecule has 7 heteroatoms. The van der Waals surface area contributed by atoms with Crippen molar-refractivity contribution in [1.29, 1.82) is 0 Å². The van der Waals surface area contributed by atoms with Gasteiger partial charge in [0.2, 0.25) is 5.91 Å². The fourth-order valence-corrected chi connectivity index (χ4v) is 2.84. The third kappa shape index (κ3) is 5.96. The Bertz CT molecular complexity index is 783. The average molecular weight is 393 g/mol. The molecule has 0 aromatic heterocycles. The van der Waals surface area contributed by atoms with Crippen molar-refractivity contribution < 1.29 is 18.7 Å². The number of rotatable bonds is 8. The van der Waals surface area contributed by atoms with E-state index in [1.54, 1.807) is 36.4 Å². The Morgan fingerprint density at radius 3 is 2.52 bits per heavy atom. The first kappa shape index (κ1) is 20.7. The van der Waals surface area contributed by atoms with Crippen LogP contribution in [0.4, 0.5) is 4.39 Å². The predicted octanol–water partition coefficient (Wildman–Crippen LogP) is 3.41. The molecule has 2 aromatic carbocycles. The lowest BCUT2D eigenvalue weighted by Gasteiger charge is -2.30. The molecular weight excluding hydrogens is 371 g/mol. The summed E-state index contributed by atoms with van der Waals surface area (Å²) in [5, 5.41) is 3.08. The summed E-state index contributed by atoms with van der Waals surface area (Å²) < 4.78 is 18.7. The van der Waals surface area contributed by atoms with Gasteiger partial charge in [0, 0.05) is 18.6 Å². The lowest BCUT2D eigenvalue weighted by atomic mass is 10.1. The maximum Gasteiger partial charge on any atom is 0.261 e. The normalized spacial score (nSPS) is 11.6. The molecule has 0 bridgehead atoms. The standard InChI is InChI=1S/C20H22ClFN2O3/c1-3-18(20(26)23-2)24(12-14-7-9-16(22)10-8-14)19(25)13-27-17-6-4-5-15(21)11-17/h4-11,18H,3,12-13H2,1-2H3,(H,23,26)/t18-/m1/s1. The molecule has 0 aliphatic rings. The van der Waals surface area contributed by atoms with E-state index in [4.69, 9.17) is 16.3 Å². The Morgan fingerprint density at radius 2 is 1.93 bits per heavy atom. The fourth-order valence-electron chi connectivity index (χ4n) is 2.66. The molecule has 2 amide bonds. The van der Waals surface area contributed by atoms with Crippen LogP contribution in [0.1, 0.15) is 18.9 Å². The van der Waals surface area contributed by atoms with Gasteiger partial charge < -0.3 is 15.0 Å². The number of carbonyl (C=O) groups is 2. The van der Waals surface area contributed by atoms with E-state index in [2.05, 4.69) is 5.32 Å². The third-order valence-electron chi connectivity index (χ3n) is 4.06. The number of hydrogen-bond acceptors (Lipinski definition) is 3. The highest BCUT2D eigenvalue weighted by Crippen LogP contribution is 2.18. The van der Waals surface area contributed by atoms with Gasteiger partial charge in [0.05, 0.1) is 0 Å². The van der Waals surface area contributed by atoms with Crippen LogP contribution in [0.2, 0.25) is 5.02 Å². The zero-order valence-corrected chi connectivity index (χ0v) is 16.0. The Kier molecular flexibility index (Phi) is 7.61. The molecule has 0 unspecified atom stereocenters. The summed E-state index contributed by atoms with van der Waals surface area (Å²) in [6.45, 7) is 1.75. The van der Waals surface area contributed by atoms with Crippen molar-refractivity contribution in [1.82, 2.24) is 10.2 Å². The van der Waals surface area contributed by atoms with Gasteiger partial charge in [-0.1, -0.05) is 36.7 Å². The Morgan fingerprint density at radius 1 is 1.22 bits per heavy atom. The summed E-state index contributed by atoms with van der Waals surface area (Å²) in [5.41, 5.74) is 0.717. The van der Waals surface area contributed by atoms with Crippen LogP contribution in [-0.2, 0) is 16.1 Å². The van der Waals surface area contributed by atoms with Crippen molar-refractivity contribution in [3.05, 3.63) is 64.9 Å². The number of halogens is 2. The molecule has 27 heavy (non-hydrogen) atoms. The van der Waals surface area contributed by atoms with Gasteiger partial charge in [-0.25, -0.2) is 4.39 Å². The van der Waals surface area contributed by atoms with Gasteiger partial charge in [0.15, 0.2) is 6.61 Å². The second kappa shape index (κ2) is 9.92. The first-order valence-electron chi connectivity index (χ1n) is 8.58. The fraction of sp³-hybridized carbons (Fsp3) is 0.300. The second-order valence-electron chi connectivity index (χ2n) is 5.93. The maximum absolute atomic E-state index is 13.2. The molecule has 0 heterocycles. The molecule has 144 valence electrons. The Balaban J connectivity index is 2.17. The van der Waals surface area contributed by atoms with Gasteiger partial charge in [0.25, 0.3) is 5.91 Å². The number of likely N-dealkylation sites (N-methyl/N-ethyl adjacent to an activating group) is 1. The molecular formula is C20H22ClFN2O3. The summed E-state index contributed by atoms with van der Waals surface area (Å²) in [7, 11) is 1.52. The number of nitrogens with one attached hydrogen (secondary N) is 1. The number of amides is 2. The van der Waals surface area contributed by atoms with Crippen molar-refractivity contribution in [2.75, 3.05) is 13.7 Å². The Hall–Kier alpha value is -2.60. The molecule has 0 aliphatic heterocycles. The average Bonchev–Trinajstić information content (AvgIpc) is 2.67. The minimum atomic E-state index is -0.657. The lowest BCUT2D eigenvalue weighted by molar-refractivity contribution is -0.142. The highest BCUT2D eigenvalue weighted by Gasteiger charge is 2.28. The van der Waals surface area contributed by atoms with Gasteiger partial charge in [-0.3, -0.25) is 9.59 Å². The summed E-state index contributed by atoms with van der Waals surface area (Å²) >= 11 is 5.92. The van der Waals surface area contributed by atoms with Crippen molar-refractivity contribution >= 4 is 23.4 Å². The van der Waals surface area contributed by atoms with E-state index in [9.17, 15) is 14.0 Å². The third-order valence-corrected chi connectivity index (χ3v) is 4.29. The van der Waals surface area contributed by atoms with E-state index in [-0.39, 0.29) is 30.8 Å². The number of nitrogens with zero attached hydrogens (tertiary/aromatic N) is 1. The monoisotopic (exact) mass is 392 g/mol. The predicted molar refractivity (Wildman–Crippen MR) is 102 cm³/mol. The van der Waals surface area contributed by atoms with Gasteiger partial charge in [0.1, 0.15) is 17.6 Å². The van der Waals surface area contributed by atoms with Crippen molar-refractivity contribution in [3.8, 4) is 5.75 Å². The zero-order valence-electron chi connectivity index (χ0n) is 15.2. The van der Waals surface area contributed by atoms with Crippen LogP contribution < -0.4 is 10.1 Å². The van der Waals surface area contributed by atoms with Crippen LogP contribution in [0.3, 0.4) is 0 Å². The second-order valence-corrected chi connectivity index (χ2v) is 6.37. The van der Waals surface area contributed by atoms with Gasteiger partial charge >= 0.3 is 0 Å². The molecule has 0 saturated carbocycles. The van der Waals surface area contributed by atoms with E-state index in [0.717, 1.165) is 5.56 Å². The zero-order chi connectivity index (χ0) is 19.8. The van der Waals surface area contributed by atoms with Crippen LogP contribution >= 0.6 is 11.6 Å². The molecule has 0 fully saturated rings. The maximum atomic E-state index is 13.2. The molecule has 1 N–H and O–H groups in total. The lowest BCUT2D eigenvalue weighted by Crippen LogP contribution is -2.49. The first-order valence-corrected chi connectivity index (χ1v) is 8.96. The van der Waals surface area contributed by atoms with Crippen LogP contribution in [-0.4, -0.2) is 36.4 Å². The van der Waals surface area contributed by atoms with E-state index in [1.165, 1.54) is 24.1 Å². The number of ether oxygens (including phenoxy) is 1. The molecule has 0 saturated heterocycles. The van der Waals surface area contributed by atoms with Crippen LogP contribution in [0.15, 0.2) is 48.5 Å². The summed E-state index contributed by atoms with van der Waals surface area (Å²) in [4.78, 5) is 26.5. The van der Waals surface area contributed by atoms with E-state index < -0.39 is 6.04 Å². The van der Waals surface area contributed by atoms with Crippen LogP contribution in [0.5, 0.6) is 5.75 Å². The van der Waals surface area contributed by atoms with E-state index in [1.807, 2.05) is 6.92 Å². The largest absolute Gasteiger partial charge is 0.484 e. The minimum absolute atomic E-state index is 0.171. The van der Waals surface area contributed by atoms with E-state index >= 15 is 0 Å². The first-order chi connectivity index (χ1) is 12.9. The van der Waals surface area contributed by atoms with Crippen molar-refractivity contribution in [2.45, 2.75) is 25.9 Å². The van der Waals surface area contributed by atoms with Gasteiger partial charge in [-0.15, -0.1) is 0 Å². The van der Waals surface area contributed by atoms with Gasteiger partial charge in [-0.2, -0.15) is 0 Å². The topological polar surface area (TPSA) is 58.6 Å². The molecule has 0 radical (unpaired) electrons. The van der Waals surface area contributed by atoms with Crippen molar-refractivity contribution in [2.24, 2.45) is 0 Å². The molecule has 2 rings (SSSR count). The minimum Gasteiger partial charge on any atom is -0.484 e. The van der Waals surface area contributed by atoms with Crippen LogP contribution in [0, 0.1) is 5.82 Å². The number of benzene rings is 2. The molecule has 1 atom stereocenters.